The fourth-order valence-corrected chi connectivity index (χ4v) is 1.38. The van der Waals surface area contributed by atoms with Crippen LogP contribution in [0.2, 0.25) is 0 Å². The van der Waals surface area contributed by atoms with Gasteiger partial charge in [0.1, 0.15) is 0 Å². The van der Waals surface area contributed by atoms with E-state index in [1.165, 1.54) is 11.1 Å². The predicted molar refractivity (Wildman–Crippen MR) is 58.1 cm³/mol. The van der Waals surface area contributed by atoms with Crippen LogP contribution in [0.1, 0.15) is 5.56 Å². The van der Waals surface area contributed by atoms with E-state index in [1.807, 2.05) is 42.5 Å². The van der Waals surface area contributed by atoms with Crippen LogP contribution in [-0.2, 0) is 0 Å². The summed E-state index contributed by atoms with van der Waals surface area (Å²) in [4.78, 5) is 0. The summed E-state index contributed by atoms with van der Waals surface area (Å²) >= 11 is 0. The van der Waals surface area contributed by atoms with Gasteiger partial charge in [-0.3, -0.25) is 5.92 Å². The van der Waals surface area contributed by atoms with E-state index in [1.54, 1.807) is 0 Å². The topological polar surface area (TPSA) is 0 Å². The molecular formula is C14H9Li. The molecule has 0 aliphatic carbocycles. The summed E-state index contributed by atoms with van der Waals surface area (Å²) in [6, 6.07) is 18.0. The molecule has 15 heavy (non-hydrogen) atoms. The van der Waals surface area contributed by atoms with Gasteiger partial charge in [0, 0.05) is 0 Å². The average Bonchev–Trinajstić information content (AvgIpc) is 2.30. The van der Waals surface area contributed by atoms with Crippen LogP contribution in [0.15, 0.2) is 54.6 Å². The second kappa shape index (κ2) is 5.47. The second-order valence-electron chi connectivity index (χ2n) is 3.07. The minimum absolute atomic E-state index is 0. The minimum Gasteiger partial charge on any atom is -0.366 e. The summed E-state index contributed by atoms with van der Waals surface area (Å²) in [5.41, 5.74) is 3.18. The first-order valence-corrected chi connectivity index (χ1v) is 4.48. The van der Waals surface area contributed by atoms with Crippen LogP contribution in [-0.4, -0.2) is 0 Å². The normalized spacial score (nSPS) is 8.73. The summed E-state index contributed by atoms with van der Waals surface area (Å²) in [5.74, 6) is 2.36. The van der Waals surface area contributed by atoms with Gasteiger partial charge in [-0.2, -0.15) is 0 Å². The van der Waals surface area contributed by atoms with Crippen molar-refractivity contribution in [3.05, 3.63) is 66.6 Å². The van der Waals surface area contributed by atoms with Crippen LogP contribution in [0, 0.1) is 12.3 Å². The van der Waals surface area contributed by atoms with Crippen LogP contribution in [0.5, 0.6) is 0 Å². The van der Waals surface area contributed by atoms with E-state index in [9.17, 15) is 0 Å². The average molecular weight is 184 g/mol. The molecule has 0 amide bonds. The van der Waals surface area contributed by atoms with E-state index in [0.717, 1.165) is 5.56 Å². The van der Waals surface area contributed by atoms with Gasteiger partial charge in [-0.05, 0) is 11.1 Å². The number of hydrogen-bond donors (Lipinski definition) is 0. The molecule has 0 unspecified atom stereocenters. The van der Waals surface area contributed by atoms with Gasteiger partial charge in [0.15, 0.2) is 0 Å². The van der Waals surface area contributed by atoms with Crippen molar-refractivity contribution in [2.45, 2.75) is 0 Å². The fraction of sp³-hybridized carbons (Fsp3) is 0. The van der Waals surface area contributed by atoms with Crippen LogP contribution in [0.25, 0.3) is 11.1 Å². The van der Waals surface area contributed by atoms with E-state index in [-0.39, 0.29) is 18.9 Å². The van der Waals surface area contributed by atoms with Crippen molar-refractivity contribution >= 4 is 0 Å². The van der Waals surface area contributed by atoms with E-state index >= 15 is 0 Å². The molecule has 0 heterocycles. The van der Waals surface area contributed by atoms with E-state index in [2.05, 4.69) is 18.1 Å². The fourth-order valence-electron chi connectivity index (χ4n) is 1.38. The molecule has 0 spiro atoms. The zero-order chi connectivity index (χ0) is 9.80. The van der Waals surface area contributed by atoms with Gasteiger partial charge in [-0.25, -0.2) is 0 Å². The minimum atomic E-state index is 0. The summed E-state index contributed by atoms with van der Waals surface area (Å²) in [6.45, 7) is 0. The molecule has 0 fully saturated rings. The van der Waals surface area contributed by atoms with Crippen molar-refractivity contribution in [2.24, 2.45) is 0 Å². The Labute approximate surface area is 103 Å². The second-order valence-corrected chi connectivity index (χ2v) is 3.07. The Kier molecular flexibility index (Phi) is 4.26. The molecule has 0 radical (unpaired) electrons. The maximum absolute atomic E-state index is 6.97. The third-order valence-electron chi connectivity index (χ3n) is 2.14. The molecule has 0 saturated carbocycles. The molecule has 66 valence electrons. The monoisotopic (exact) mass is 184 g/mol. The van der Waals surface area contributed by atoms with Gasteiger partial charge in [0.2, 0.25) is 0 Å². The van der Waals surface area contributed by atoms with Gasteiger partial charge in [0.05, 0.1) is 0 Å². The summed E-state index contributed by atoms with van der Waals surface area (Å²) < 4.78 is 0. The van der Waals surface area contributed by atoms with Gasteiger partial charge < -0.3 is 6.42 Å². The van der Waals surface area contributed by atoms with E-state index in [0.29, 0.717) is 0 Å². The van der Waals surface area contributed by atoms with Crippen molar-refractivity contribution in [2.75, 3.05) is 0 Å². The predicted octanol–water partition coefficient (Wildman–Crippen LogP) is 0.295. The Morgan fingerprint density at radius 1 is 0.733 bits per heavy atom. The number of rotatable bonds is 1. The zero-order valence-electron chi connectivity index (χ0n) is 8.70. The van der Waals surface area contributed by atoms with Crippen molar-refractivity contribution in [1.29, 1.82) is 0 Å². The van der Waals surface area contributed by atoms with E-state index in [4.69, 9.17) is 6.42 Å². The number of benzene rings is 2. The maximum atomic E-state index is 6.97. The van der Waals surface area contributed by atoms with Crippen LogP contribution < -0.4 is 18.9 Å². The van der Waals surface area contributed by atoms with Gasteiger partial charge in [0.25, 0.3) is 0 Å². The first-order valence-electron chi connectivity index (χ1n) is 4.48. The largest absolute Gasteiger partial charge is 1.00 e. The molecule has 0 nitrogen and oxygen atoms in total. The Balaban J connectivity index is 0.00000112. The van der Waals surface area contributed by atoms with Crippen molar-refractivity contribution < 1.29 is 18.9 Å². The van der Waals surface area contributed by atoms with Crippen molar-refractivity contribution in [3.8, 4) is 17.0 Å². The molecule has 0 N–H and O–H groups in total. The van der Waals surface area contributed by atoms with Crippen molar-refractivity contribution in [3.63, 3.8) is 0 Å². The molecule has 0 aromatic heterocycles. The first kappa shape index (κ1) is 11.7. The van der Waals surface area contributed by atoms with Gasteiger partial charge in [-0.1, -0.05) is 42.5 Å². The Hall–Kier alpha value is -1.40. The third-order valence-corrected chi connectivity index (χ3v) is 2.14. The Morgan fingerprint density at radius 2 is 1.27 bits per heavy atom. The molecule has 2 rings (SSSR count). The molecule has 0 aliphatic heterocycles. The zero-order valence-corrected chi connectivity index (χ0v) is 8.70. The Bertz CT molecular complexity index is 449. The number of hydrogen-bond acceptors (Lipinski definition) is 0. The molecule has 2 aromatic carbocycles. The molecular weight excluding hydrogens is 175 g/mol. The van der Waals surface area contributed by atoms with Crippen LogP contribution in [0.3, 0.4) is 0 Å². The standard InChI is InChI=1S/C14H9.Li/c1-2-12-8-10-14(11-9-12)13-6-4-3-5-7-13;/h3-11H;/q-1;+1. The van der Waals surface area contributed by atoms with Crippen molar-refractivity contribution in [1.82, 2.24) is 0 Å². The SMILES string of the molecule is [C-]#Cc1ccc(-c2ccccc2)cc1.[Li+]. The maximum Gasteiger partial charge on any atom is 1.00 e. The smallest absolute Gasteiger partial charge is 0.366 e. The summed E-state index contributed by atoms with van der Waals surface area (Å²) in [7, 11) is 0. The summed E-state index contributed by atoms with van der Waals surface area (Å²) in [6.07, 6.45) is 6.97. The molecule has 1 heteroatoms. The van der Waals surface area contributed by atoms with Gasteiger partial charge in [-0.15, -0.1) is 17.7 Å². The Morgan fingerprint density at radius 3 is 1.80 bits per heavy atom. The van der Waals surface area contributed by atoms with E-state index < -0.39 is 0 Å². The summed E-state index contributed by atoms with van der Waals surface area (Å²) in [5, 5.41) is 0. The van der Waals surface area contributed by atoms with Gasteiger partial charge >= 0.3 is 18.9 Å². The molecule has 0 atom stereocenters. The van der Waals surface area contributed by atoms with Crippen LogP contribution in [0.4, 0.5) is 0 Å². The molecule has 2 aromatic rings. The molecule has 0 bridgehead atoms. The molecule has 0 saturated heterocycles. The molecule has 0 aliphatic rings. The quantitative estimate of drug-likeness (QED) is 0.339. The first-order chi connectivity index (χ1) is 6.90. The van der Waals surface area contributed by atoms with Crippen LogP contribution >= 0.6 is 0 Å². The third kappa shape index (κ3) is 2.77.